The second-order valence-corrected chi connectivity index (χ2v) is 5.40. The number of carboxylic acids is 1. The van der Waals surface area contributed by atoms with Crippen molar-refractivity contribution >= 4 is 5.97 Å². The number of hydrogen-bond acceptors (Lipinski definition) is 3. The van der Waals surface area contributed by atoms with E-state index in [1.54, 1.807) is 18.2 Å². The van der Waals surface area contributed by atoms with Crippen LogP contribution in [0.25, 0.3) is 0 Å². The third-order valence-corrected chi connectivity index (χ3v) is 3.31. The van der Waals surface area contributed by atoms with E-state index < -0.39 is 5.97 Å². The van der Waals surface area contributed by atoms with E-state index >= 15 is 0 Å². The van der Waals surface area contributed by atoms with Crippen LogP contribution in [0.3, 0.4) is 0 Å². The number of nitrogens with zero attached hydrogens (tertiary/aromatic N) is 1. The van der Waals surface area contributed by atoms with Gasteiger partial charge in [-0.2, -0.15) is 0 Å². The molecule has 0 fully saturated rings. The average Bonchev–Trinajstić information content (AvgIpc) is 2.43. The van der Waals surface area contributed by atoms with E-state index in [2.05, 4.69) is 31.1 Å². The van der Waals surface area contributed by atoms with E-state index in [4.69, 9.17) is 5.11 Å². The van der Waals surface area contributed by atoms with Crippen LogP contribution in [0.2, 0.25) is 0 Å². The summed E-state index contributed by atoms with van der Waals surface area (Å²) in [5.74, 6) is -0.876. The van der Waals surface area contributed by atoms with Gasteiger partial charge in [0.25, 0.3) is 0 Å². The number of rotatable bonds is 9. The second-order valence-electron chi connectivity index (χ2n) is 5.40. The fourth-order valence-electron chi connectivity index (χ4n) is 2.16. The Balaban J connectivity index is 2.38. The summed E-state index contributed by atoms with van der Waals surface area (Å²) in [5.41, 5.74) is 1.35. The van der Waals surface area contributed by atoms with Crippen LogP contribution in [0, 0.1) is 0 Å². The molecule has 0 aliphatic heterocycles. The molecule has 0 aromatic heterocycles. The molecule has 0 saturated carbocycles. The highest BCUT2D eigenvalue weighted by atomic mass is 16.4. The monoisotopic (exact) mass is 278 g/mol. The standard InChI is InChI=1S/C16H26N2O2/c1-4-5-9-18(3)12-13(2)17-11-14-7-6-8-15(10-14)16(19)20/h6-8,10,13,17H,4-5,9,11-12H2,1-3H3,(H,19,20). The predicted octanol–water partition coefficient (Wildman–Crippen LogP) is 2.59. The molecule has 0 spiro atoms. The Bertz CT molecular complexity index is 421. The van der Waals surface area contributed by atoms with Gasteiger partial charge in [-0.1, -0.05) is 25.5 Å². The lowest BCUT2D eigenvalue weighted by atomic mass is 10.1. The van der Waals surface area contributed by atoms with Crippen molar-refractivity contribution in [2.75, 3.05) is 20.1 Å². The van der Waals surface area contributed by atoms with Crippen LogP contribution in [0.15, 0.2) is 24.3 Å². The maximum Gasteiger partial charge on any atom is 0.335 e. The summed E-state index contributed by atoms with van der Waals surface area (Å²) in [6, 6.07) is 7.47. The Labute approximate surface area is 121 Å². The molecule has 112 valence electrons. The smallest absolute Gasteiger partial charge is 0.335 e. The molecule has 4 nitrogen and oxygen atoms in total. The van der Waals surface area contributed by atoms with Crippen LogP contribution in [-0.4, -0.2) is 42.2 Å². The molecule has 0 aliphatic rings. The summed E-state index contributed by atoms with van der Waals surface area (Å²) in [5, 5.41) is 12.4. The van der Waals surface area contributed by atoms with Gasteiger partial charge in [-0.3, -0.25) is 0 Å². The Kier molecular flexibility index (Phi) is 7.26. The van der Waals surface area contributed by atoms with Crippen LogP contribution in [-0.2, 0) is 6.54 Å². The molecule has 1 rings (SSSR count). The molecule has 0 amide bonds. The zero-order chi connectivity index (χ0) is 15.0. The van der Waals surface area contributed by atoms with Crippen molar-refractivity contribution in [2.24, 2.45) is 0 Å². The summed E-state index contributed by atoms with van der Waals surface area (Å²) in [6.07, 6.45) is 2.44. The van der Waals surface area contributed by atoms with Crippen LogP contribution in [0.4, 0.5) is 0 Å². The minimum Gasteiger partial charge on any atom is -0.478 e. The molecule has 20 heavy (non-hydrogen) atoms. The van der Waals surface area contributed by atoms with E-state index in [0.717, 1.165) is 18.7 Å². The quantitative estimate of drug-likeness (QED) is 0.729. The van der Waals surface area contributed by atoms with Crippen molar-refractivity contribution in [1.82, 2.24) is 10.2 Å². The van der Waals surface area contributed by atoms with Gasteiger partial charge in [-0.15, -0.1) is 0 Å². The SMILES string of the molecule is CCCCN(C)CC(C)NCc1cccc(C(=O)O)c1. The van der Waals surface area contributed by atoms with Crippen LogP contribution >= 0.6 is 0 Å². The largest absolute Gasteiger partial charge is 0.478 e. The number of carbonyl (C=O) groups is 1. The maximum atomic E-state index is 10.9. The van der Waals surface area contributed by atoms with Crippen LogP contribution in [0.1, 0.15) is 42.6 Å². The van der Waals surface area contributed by atoms with Gasteiger partial charge >= 0.3 is 5.97 Å². The Hall–Kier alpha value is -1.39. The summed E-state index contributed by atoms with van der Waals surface area (Å²) in [6.45, 7) is 7.17. The van der Waals surface area contributed by atoms with Gasteiger partial charge in [-0.05, 0) is 44.6 Å². The molecule has 2 N–H and O–H groups in total. The molecular formula is C16H26N2O2. The minimum absolute atomic E-state index is 0.344. The van der Waals surface area contributed by atoms with Gasteiger partial charge in [0.15, 0.2) is 0 Å². The lowest BCUT2D eigenvalue weighted by molar-refractivity contribution is 0.0696. The summed E-state index contributed by atoms with van der Waals surface area (Å²) >= 11 is 0. The first-order valence-electron chi connectivity index (χ1n) is 7.27. The predicted molar refractivity (Wildman–Crippen MR) is 82.1 cm³/mol. The number of hydrogen-bond donors (Lipinski definition) is 2. The number of aromatic carboxylic acids is 1. The normalized spacial score (nSPS) is 12.6. The molecule has 4 heteroatoms. The molecule has 1 aromatic carbocycles. The van der Waals surface area contributed by atoms with Crippen LogP contribution < -0.4 is 5.32 Å². The maximum absolute atomic E-state index is 10.9. The minimum atomic E-state index is -0.876. The fraction of sp³-hybridized carbons (Fsp3) is 0.562. The van der Waals surface area contributed by atoms with Gasteiger partial charge in [0.05, 0.1) is 5.56 Å². The highest BCUT2D eigenvalue weighted by Gasteiger charge is 2.07. The lowest BCUT2D eigenvalue weighted by Gasteiger charge is -2.22. The number of likely N-dealkylation sites (N-methyl/N-ethyl adjacent to an activating group) is 1. The number of carboxylic acid groups (broad SMARTS) is 1. The topological polar surface area (TPSA) is 52.6 Å². The van der Waals surface area contributed by atoms with Crippen LogP contribution in [0.5, 0.6) is 0 Å². The van der Waals surface area contributed by atoms with Gasteiger partial charge in [0.1, 0.15) is 0 Å². The lowest BCUT2D eigenvalue weighted by Crippen LogP contribution is -2.37. The summed E-state index contributed by atoms with van der Waals surface area (Å²) < 4.78 is 0. The fourth-order valence-corrected chi connectivity index (χ4v) is 2.16. The van der Waals surface area contributed by atoms with E-state index in [0.29, 0.717) is 18.2 Å². The van der Waals surface area contributed by atoms with E-state index in [-0.39, 0.29) is 0 Å². The molecule has 0 bridgehead atoms. The first kappa shape index (κ1) is 16.7. The van der Waals surface area contributed by atoms with Crippen molar-refractivity contribution in [3.05, 3.63) is 35.4 Å². The van der Waals surface area contributed by atoms with Gasteiger partial charge in [0.2, 0.25) is 0 Å². The molecule has 0 saturated heterocycles. The van der Waals surface area contributed by atoms with Gasteiger partial charge in [-0.25, -0.2) is 4.79 Å². The van der Waals surface area contributed by atoms with Crippen molar-refractivity contribution in [3.8, 4) is 0 Å². The van der Waals surface area contributed by atoms with E-state index in [1.165, 1.54) is 12.8 Å². The highest BCUT2D eigenvalue weighted by molar-refractivity contribution is 5.87. The number of nitrogens with one attached hydrogen (secondary N) is 1. The molecule has 0 aliphatic carbocycles. The van der Waals surface area contributed by atoms with Crippen molar-refractivity contribution in [3.63, 3.8) is 0 Å². The van der Waals surface area contributed by atoms with Crippen molar-refractivity contribution < 1.29 is 9.90 Å². The van der Waals surface area contributed by atoms with Gasteiger partial charge in [0, 0.05) is 19.1 Å². The highest BCUT2D eigenvalue weighted by Crippen LogP contribution is 2.05. The Morgan fingerprint density at radius 3 is 2.85 bits per heavy atom. The Morgan fingerprint density at radius 1 is 1.45 bits per heavy atom. The zero-order valence-electron chi connectivity index (χ0n) is 12.7. The zero-order valence-corrected chi connectivity index (χ0v) is 12.7. The third kappa shape index (κ3) is 6.17. The average molecular weight is 278 g/mol. The first-order chi connectivity index (χ1) is 9.52. The Morgan fingerprint density at radius 2 is 2.20 bits per heavy atom. The molecule has 1 atom stereocenters. The molecule has 0 radical (unpaired) electrons. The molecule has 1 unspecified atom stereocenters. The second kappa shape index (κ2) is 8.72. The number of unbranched alkanes of at least 4 members (excludes halogenated alkanes) is 1. The summed E-state index contributed by atoms with van der Waals surface area (Å²) in [7, 11) is 2.14. The van der Waals surface area contributed by atoms with Gasteiger partial charge < -0.3 is 15.3 Å². The third-order valence-electron chi connectivity index (χ3n) is 3.31. The number of benzene rings is 1. The van der Waals surface area contributed by atoms with Crippen molar-refractivity contribution in [1.29, 1.82) is 0 Å². The van der Waals surface area contributed by atoms with E-state index in [1.807, 2.05) is 6.07 Å². The van der Waals surface area contributed by atoms with Crippen molar-refractivity contribution in [2.45, 2.75) is 39.3 Å². The molecular weight excluding hydrogens is 252 g/mol. The molecule has 1 aromatic rings. The first-order valence-corrected chi connectivity index (χ1v) is 7.27. The van der Waals surface area contributed by atoms with E-state index in [9.17, 15) is 4.79 Å². The summed E-state index contributed by atoms with van der Waals surface area (Å²) in [4.78, 5) is 13.2. The molecule has 0 heterocycles.